The molecule has 0 spiro atoms. The average molecular weight is 430 g/mol. The minimum Gasteiger partial charge on any atom is -0.489 e. The number of alkyl halides is 3. The Balaban J connectivity index is 1.43. The smallest absolute Gasteiger partial charge is 0.411 e. The van der Waals surface area contributed by atoms with Gasteiger partial charge in [0.05, 0.1) is 6.61 Å². The lowest BCUT2D eigenvalue weighted by molar-refractivity contribution is -0.176. The molecular formula is C23H21F3N2O3. The summed E-state index contributed by atoms with van der Waals surface area (Å²) < 4.78 is 46.6. The number of nitrogens with one attached hydrogen (secondary N) is 1. The maximum atomic E-state index is 12.3. The first-order valence-corrected chi connectivity index (χ1v) is 9.51. The van der Waals surface area contributed by atoms with Gasteiger partial charge in [-0.3, -0.25) is 9.78 Å². The molecule has 0 aliphatic rings. The van der Waals surface area contributed by atoms with Crippen LogP contribution in [0.5, 0.6) is 5.75 Å². The van der Waals surface area contributed by atoms with E-state index in [0.717, 1.165) is 11.1 Å². The van der Waals surface area contributed by atoms with Crippen LogP contribution in [-0.4, -0.2) is 23.7 Å². The van der Waals surface area contributed by atoms with Crippen LogP contribution in [0.2, 0.25) is 0 Å². The Bertz CT molecular complexity index is 960. The maximum Gasteiger partial charge on any atom is 0.411 e. The first kappa shape index (κ1) is 22.3. The molecule has 162 valence electrons. The van der Waals surface area contributed by atoms with Crippen molar-refractivity contribution in [2.45, 2.75) is 25.9 Å². The monoisotopic (exact) mass is 430 g/mol. The molecule has 0 radical (unpaired) electrons. The molecule has 3 rings (SSSR count). The van der Waals surface area contributed by atoms with Crippen molar-refractivity contribution >= 4 is 5.91 Å². The number of benzene rings is 2. The fourth-order valence-corrected chi connectivity index (χ4v) is 2.68. The predicted octanol–water partition coefficient (Wildman–Crippen LogP) is 4.67. The number of carbonyl (C=O) groups is 1. The zero-order chi connectivity index (χ0) is 22.1. The Morgan fingerprint density at radius 3 is 2.26 bits per heavy atom. The van der Waals surface area contributed by atoms with Crippen LogP contribution in [0.25, 0.3) is 0 Å². The van der Waals surface area contributed by atoms with E-state index in [1.807, 2.05) is 12.1 Å². The van der Waals surface area contributed by atoms with Crippen LogP contribution >= 0.6 is 0 Å². The van der Waals surface area contributed by atoms with Gasteiger partial charge >= 0.3 is 6.18 Å². The molecule has 1 amide bonds. The van der Waals surface area contributed by atoms with Crippen LogP contribution in [0.4, 0.5) is 13.2 Å². The molecule has 1 aromatic heterocycles. The van der Waals surface area contributed by atoms with Crippen LogP contribution in [0.15, 0.2) is 73.1 Å². The van der Waals surface area contributed by atoms with Crippen LogP contribution in [0.1, 0.15) is 27.0 Å². The van der Waals surface area contributed by atoms with E-state index in [9.17, 15) is 18.0 Å². The highest BCUT2D eigenvalue weighted by Crippen LogP contribution is 2.16. The molecule has 2 aromatic carbocycles. The van der Waals surface area contributed by atoms with Crippen molar-refractivity contribution in [2.24, 2.45) is 0 Å². The number of pyridine rings is 1. The SMILES string of the molecule is O=C(NCc1ccc(COCC(F)(F)F)cc1)c1ccc(OCc2cccnc2)cc1. The first-order chi connectivity index (χ1) is 14.9. The van der Waals surface area contributed by atoms with Gasteiger partial charge in [0.2, 0.25) is 0 Å². The quantitative estimate of drug-likeness (QED) is 0.536. The van der Waals surface area contributed by atoms with Gasteiger partial charge in [-0.1, -0.05) is 30.3 Å². The first-order valence-electron chi connectivity index (χ1n) is 9.51. The molecule has 1 N–H and O–H groups in total. The summed E-state index contributed by atoms with van der Waals surface area (Å²) in [4.78, 5) is 16.4. The van der Waals surface area contributed by atoms with E-state index in [2.05, 4.69) is 15.0 Å². The molecular weight excluding hydrogens is 409 g/mol. The summed E-state index contributed by atoms with van der Waals surface area (Å²) in [6.45, 7) is -0.724. The highest BCUT2D eigenvalue weighted by atomic mass is 19.4. The summed E-state index contributed by atoms with van der Waals surface area (Å²) in [6, 6.07) is 17.4. The normalized spacial score (nSPS) is 11.2. The van der Waals surface area contributed by atoms with Gasteiger partial charge in [0.15, 0.2) is 0 Å². The van der Waals surface area contributed by atoms with Crippen molar-refractivity contribution in [1.82, 2.24) is 10.3 Å². The van der Waals surface area contributed by atoms with Gasteiger partial charge in [0.1, 0.15) is 19.0 Å². The second kappa shape index (κ2) is 10.6. The third-order valence-corrected chi connectivity index (χ3v) is 4.26. The molecule has 0 unspecified atom stereocenters. The minimum absolute atomic E-state index is 0.124. The molecule has 0 saturated heterocycles. The van der Waals surface area contributed by atoms with Crippen molar-refractivity contribution in [1.29, 1.82) is 0 Å². The fraction of sp³-hybridized carbons (Fsp3) is 0.217. The average Bonchev–Trinajstić information content (AvgIpc) is 2.77. The Kier molecular flexibility index (Phi) is 7.61. The Hall–Kier alpha value is -3.39. The number of hydrogen-bond acceptors (Lipinski definition) is 4. The van der Waals surface area contributed by atoms with E-state index in [1.54, 1.807) is 60.9 Å². The van der Waals surface area contributed by atoms with Gasteiger partial charge in [-0.15, -0.1) is 0 Å². The highest BCUT2D eigenvalue weighted by molar-refractivity contribution is 5.94. The Morgan fingerprint density at radius 2 is 1.61 bits per heavy atom. The van der Waals surface area contributed by atoms with Gasteiger partial charge in [0.25, 0.3) is 5.91 Å². The second-order valence-corrected chi connectivity index (χ2v) is 6.78. The molecule has 0 aliphatic heterocycles. The van der Waals surface area contributed by atoms with Gasteiger partial charge in [-0.05, 0) is 41.5 Å². The molecule has 0 aliphatic carbocycles. The molecule has 31 heavy (non-hydrogen) atoms. The summed E-state index contributed by atoms with van der Waals surface area (Å²) in [5.74, 6) is 0.403. The van der Waals surface area contributed by atoms with Crippen LogP contribution in [0.3, 0.4) is 0 Å². The molecule has 5 nitrogen and oxygen atoms in total. The molecule has 0 bridgehead atoms. The zero-order valence-corrected chi connectivity index (χ0v) is 16.6. The number of nitrogens with zero attached hydrogens (tertiary/aromatic N) is 1. The van der Waals surface area contributed by atoms with Gasteiger partial charge in [-0.2, -0.15) is 13.2 Å². The lowest BCUT2D eigenvalue weighted by Gasteiger charge is -2.09. The van der Waals surface area contributed by atoms with Crippen LogP contribution in [0, 0.1) is 0 Å². The van der Waals surface area contributed by atoms with Crippen molar-refractivity contribution in [3.05, 3.63) is 95.3 Å². The number of amides is 1. The minimum atomic E-state index is -4.34. The molecule has 1 heterocycles. The van der Waals surface area contributed by atoms with E-state index in [0.29, 0.717) is 30.0 Å². The lowest BCUT2D eigenvalue weighted by Crippen LogP contribution is -2.22. The third-order valence-electron chi connectivity index (χ3n) is 4.26. The molecule has 0 fully saturated rings. The number of aromatic nitrogens is 1. The summed E-state index contributed by atoms with van der Waals surface area (Å²) in [6.07, 6.45) is -0.920. The van der Waals surface area contributed by atoms with Crippen LogP contribution < -0.4 is 10.1 Å². The van der Waals surface area contributed by atoms with Gasteiger partial charge in [-0.25, -0.2) is 0 Å². The van der Waals surface area contributed by atoms with E-state index >= 15 is 0 Å². The summed E-state index contributed by atoms with van der Waals surface area (Å²) >= 11 is 0. The molecule has 8 heteroatoms. The van der Waals surface area contributed by atoms with E-state index in [-0.39, 0.29) is 12.5 Å². The number of ether oxygens (including phenoxy) is 2. The van der Waals surface area contributed by atoms with Crippen molar-refractivity contribution < 1.29 is 27.4 Å². The summed E-state index contributed by atoms with van der Waals surface area (Å²) in [7, 11) is 0. The van der Waals surface area contributed by atoms with Gasteiger partial charge in [0, 0.05) is 30.1 Å². The molecule has 0 atom stereocenters. The van der Waals surface area contributed by atoms with Crippen molar-refractivity contribution in [3.8, 4) is 5.75 Å². The summed E-state index contributed by atoms with van der Waals surface area (Å²) in [5.41, 5.74) is 2.89. The molecule has 0 saturated carbocycles. The predicted molar refractivity (Wildman–Crippen MR) is 108 cm³/mol. The van der Waals surface area contributed by atoms with E-state index in [1.165, 1.54) is 0 Å². The standard InChI is InChI=1S/C23H21F3N2O3/c24-23(25,26)16-30-14-18-5-3-17(4-6-18)13-28-22(29)20-7-9-21(10-8-20)31-15-19-2-1-11-27-12-19/h1-12H,13-16H2,(H,28,29). The number of carbonyl (C=O) groups excluding carboxylic acids is 1. The largest absolute Gasteiger partial charge is 0.489 e. The van der Waals surface area contributed by atoms with Crippen molar-refractivity contribution in [2.75, 3.05) is 6.61 Å². The summed E-state index contributed by atoms with van der Waals surface area (Å²) in [5, 5.41) is 2.81. The highest BCUT2D eigenvalue weighted by Gasteiger charge is 2.27. The van der Waals surface area contributed by atoms with E-state index in [4.69, 9.17) is 4.74 Å². The zero-order valence-electron chi connectivity index (χ0n) is 16.6. The number of rotatable bonds is 9. The van der Waals surface area contributed by atoms with Crippen molar-refractivity contribution in [3.63, 3.8) is 0 Å². The Labute approximate surface area is 177 Å². The third kappa shape index (κ3) is 7.75. The fourth-order valence-electron chi connectivity index (χ4n) is 2.68. The van der Waals surface area contributed by atoms with E-state index < -0.39 is 12.8 Å². The number of hydrogen-bond donors (Lipinski definition) is 1. The van der Waals surface area contributed by atoms with Gasteiger partial charge < -0.3 is 14.8 Å². The number of halogens is 3. The topological polar surface area (TPSA) is 60.5 Å². The molecule has 3 aromatic rings. The second-order valence-electron chi connectivity index (χ2n) is 6.78. The Morgan fingerprint density at radius 1 is 0.903 bits per heavy atom. The lowest BCUT2D eigenvalue weighted by atomic mass is 10.1. The van der Waals surface area contributed by atoms with Crippen LogP contribution in [-0.2, 0) is 24.5 Å². The maximum absolute atomic E-state index is 12.3.